The average Bonchev–Trinajstić information content (AvgIpc) is 2.70. The van der Waals surface area contributed by atoms with Gasteiger partial charge in [-0.15, -0.1) is 0 Å². The van der Waals surface area contributed by atoms with E-state index in [0.29, 0.717) is 5.56 Å². The summed E-state index contributed by atoms with van der Waals surface area (Å²) >= 11 is 0. The normalized spacial score (nSPS) is 25.8. The highest BCUT2D eigenvalue weighted by Crippen LogP contribution is 2.68. The summed E-state index contributed by atoms with van der Waals surface area (Å²) in [5.74, 6) is -23.0. The van der Waals surface area contributed by atoms with Gasteiger partial charge in [-0.1, -0.05) is 24.3 Å². The number of halogens is 6. The van der Waals surface area contributed by atoms with Crippen molar-refractivity contribution in [1.29, 1.82) is 0 Å². The number of hydrogen-bond acceptors (Lipinski definition) is 4. The minimum absolute atomic E-state index is 0.0647. The predicted octanol–water partition coefficient (Wildman–Crippen LogP) is 5.55. The van der Waals surface area contributed by atoms with Gasteiger partial charge in [0.25, 0.3) is 0 Å². The van der Waals surface area contributed by atoms with E-state index in [1.165, 1.54) is 19.1 Å². The van der Waals surface area contributed by atoms with E-state index in [0.717, 1.165) is 36.4 Å². The van der Waals surface area contributed by atoms with Crippen molar-refractivity contribution in [2.75, 3.05) is 0 Å². The summed E-state index contributed by atoms with van der Waals surface area (Å²) in [7, 11) is 0. The van der Waals surface area contributed by atoms with E-state index in [1.807, 2.05) is 0 Å². The number of esters is 1. The summed E-state index contributed by atoms with van der Waals surface area (Å²) < 4.78 is 99.6. The van der Waals surface area contributed by atoms with Crippen molar-refractivity contribution in [3.63, 3.8) is 0 Å². The van der Waals surface area contributed by atoms with Crippen molar-refractivity contribution in [2.24, 2.45) is 0 Å². The van der Waals surface area contributed by atoms with Crippen molar-refractivity contribution in [3.8, 4) is 17.2 Å². The van der Waals surface area contributed by atoms with Gasteiger partial charge in [-0.2, -0.15) is 26.3 Å². The van der Waals surface area contributed by atoms with Crippen LogP contribution in [0.4, 0.5) is 26.3 Å². The molecule has 2 aromatic carbocycles. The third-order valence-electron chi connectivity index (χ3n) is 4.54. The number of rotatable bonds is 6. The van der Waals surface area contributed by atoms with E-state index in [2.05, 4.69) is 16.1 Å². The van der Waals surface area contributed by atoms with Gasteiger partial charge < -0.3 is 14.2 Å². The molecule has 0 aromatic heterocycles. The molecule has 0 radical (unpaired) electrons. The zero-order chi connectivity index (χ0) is 23.2. The Morgan fingerprint density at radius 1 is 0.742 bits per heavy atom. The third kappa shape index (κ3) is 3.30. The van der Waals surface area contributed by atoms with Gasteiger partial charge in [-0.3, -0.25) is 0 Å². The molecular formula is C21H16F6O4. The lowest BCUT2D eigenvalue weighted by atomic mass is 9.76. The van der Waals surface area contributed by atoms with E-state index in [9.17, 15) is 22.4 Å². The smallest absolute Gasteiger partial charge is 0.395 e. The first-order chi connectivity index (χ1) is 14.2. The lowest BCUT2D eigenvalue weighted by Crippen LogP contribution is -2.89. The summed E-state index contributed by atoms with van der Waals surface area (Å²) in [5.41, 5.74) is 0.705. The Morgan fingerprint density at radius 2 is 1.10 bits per heavy atom. The zero-order valence-electron chi connectivity index (χ0n) is 16.2. The van der Waals surface area contributed by atoms with Crippen LogP contribution in [-0.4, -0.2) is 29.5 Å². The molecule has 0 N–H and O–H groups in total. The van der Waals surface area contributed by atoms with Gasteiger partial charge in [-0.05, 0) is 50.2 Å². The van der Waals surface area contributed by atoms with Crippen LogP contribution in [0, 0.1) is 6.92 Å². The molecule has 0 bridgehead atoms. The van der Waals surface area contributed by atoms with Gasteiger partial charge in [0.05, 0.1) is 0 Å². The number of alkyl halides is 6. The van der Waals surface area contributed by atoms with Crippen LogP contribution >= 0.6 is 0 Å². The minimum atomic E-state index is -5.55. The number of ether oxygens (including phenoxy) is 3. The Hall–Kier alpha value is -3.17. The van der Waals surface area contributed by atoms with Crippen LogP contribution in [-0.2, 0) is 4.79 Å². The summed E-state index contributed by atoms with van der Waals surface area (Å²) in [5, 5.41) is 0. The van der Waals surface area contributed by atoms with Gasteiger partial charge in [0.1, 0.15) is 17.2 Å². The molecule has 2 aromatic rings. The van der Waals surface area contributed by atoms with Crippen molar-refractivity contribution in [2.45, 2.75) is 37.4 Å². The fraction of sp³-hybridized carbons (Fsp3) is 0.286. The summed E-state index contributed by atoms with van der Waals surface area (Å²) in [6.45, 7) is 6.36. The Kier molecular flexibility index (Phi) is 5.24. The number of hydrogen-bond donors (Lipinski definition) is 0. The molecule has 10 heteroatoms. The van der Waals surface area contributed by atoms with E-state index >= 15 is 8.78 Å². The minimum Gasteiger partial charge on any atom is -0.447 e. The summed E-state index contributed by atoms with van der Waals surface area (Å²) in [6.07, 6.45) is 0. The van der Waals surface area contributed by atoms with Crippen LogP contribution in [0.5, 0.6) is 17.2 Å². The molecule has 0 heterocycles. The maximum Gasteiger partial charge on any atom is 0.395 e. The van der Waals surface area contributed by atoms with E-state index in [4.69, 9.17) is 4.74 Å². The van der Waals surface area contributed by atoms with E-state index in [1.54, 1.807) is 6.92 Å². The Labute approximate surface area is 173 Å². The molecule has 3 rings (SSSR count). The first kappa shape index (κ1) is 22.5. The zero-order valence-corrected chi connectivity index (χ0v) is 16.2. The fourth-order valence-corrected chi connectivity index (χ4v) is 2.71. The largest absolute Gasteiger partial charge is 0.447 e. The molecule has 1 saturated carbocycles. The number of carbonyl (C=O) groups is 1. The number of benzene rings is 2. The maximum atomic E-state index is 15.0. The number of carbonyl (C=O) groups excluding carboxylic acids is 1. The fourth-order valence-electron chi connectivity index (χ4n) is 2.71. The number of aryl methyl sites for hydroxylation is 1. The second-order valence-electron chi connectivity index (χ2n) is 7.00. The molecule has 0 amide bonds. The van der Waals surface area contributed by atoms with Gasteiger partial charge in [0.15, 0.2) is 0 Å². The lowest BCUT2D eigenvalue weighted by Gasteiger charge is -2.55. The third-order valence-corrected chi connectivity index (χ3v) is 4.54. The topological polar surface area (TPSA) is 44.8 Å². The molecule has 166 valence electrons. The van der Waals surface area contributed by atoms with Crippen LogP contribution < -0.4 is 14.2 Å². The van der Waals surface area contributed by atoms with E-state index < -0.39 is 41.0 Å². The maximum absolute atomic E-state index is 15.0. The first-order valence-electron chi connectivity index (χ1n) is 8.81. The molecule has 4 nitrogen and oxygen atoms in total. The molecule has 0 spiro atoms. The Balaban J connectivity index is 1.88. The average molecular weight is 446 g/mol. The van der Waals surface area contributed by atoms with Crippen LogP contribution in [0.3, 0.4) is 0 Å². The molecule has 1 aliphatic carbocycles. The molecular weight excluding hydrogens is 430 g/mol. The van der Waals surface area contributed by atoms with Crippen LogP contribution in [0.15, 0.2) is 60.7 Å². The SMILES string of the molecule is C=C(C)C(=O)Oc1ccc(OC2(F)C(F)(F)C(F)(F)C2(F)Oc2ccc(C)cc2)cc1. The molecule has 2 atom stereocenters. The van der Waals surface area contributed by atoms with Crippen molar-refractivity contribution >= 4 is 5.97 Å². The van der Waals surface area contributed by atoms with Crippen LogP contribution in [0.1, 0.15) is 12.5 Å². The standard InChI is InChI=1S/C21H16F6O4/c1-12(2)17(28)29-14-8-10-16(11-9-14)31-21(27)19(24,25)18(22,23)20(21,26)30-15-6-4-13(3)5-7-15/h4-11H,1H2,2-3H3. The molecule has 0 aliphatic heterocycles. The molecule has 0 saturated heterocycles. The van der Waals surface area contributed by atoms with Crippen molar-refractivity contribution in [3.05, 3.63) is 66.2 Å². The molecule has 31 heavy (non-hydrogen) atoms. The van der Waals surface area contributed by atoms with Crippen molar-refractivity contribution < 1.29 is 45.3 Å². The first-order valence-corrected chi connectivity index (χ1v) is 8.81. The molecule has 2 unspecified atom stereocenters. The van der Waals surface area contributed by atoms with Crippen LogP contribution in [0.2, 0.25) is 0 Å². The monoisotopic (exact) mass is 446 g/mol. The second kappa shape index (κ2) is 7.21. The quantitative estimate of drug-likeness (QED) is 0.253. The van der Waals surface area contributed by atoms with Gasteiger partial charge in [0.2, 0.25) is 0 Å². The van der Waals surface area contributed by atoms with Gasteiger partial charge in [-0.25, -0.2) is 4.79 Å². The second-order valence-corrected chi connectivity index (χ2v) is 7.00. The molecule has 1 fully saturated rings. The van der Waals surface area contributed by atoms with E-state index in [-0.39, 0.29) is 11.3 Å². The predicted molar refractivity (Wildman–Crippen MR) is 96.9 cm³/mol. The van der Waals surface area contributed by atoms with Crippen molar-refractivity contribution in [1.82, 2.24) is 0 Å². The Bertz CT molecular complexity index is 1010. The summed E-state index contributed by atoms with van der Waals surface area (Å²) in [6, 6.07) is 8.40. The highest BCUT2D eigenvalue weighted by molar-refractivity contribution is 5.88. The summed E-state index contributed by atoms with van der Waals surface area (Å²) in [4.78, 5) is 11.5. The van der Waals surface area contributed by atoms with Crippen LogP contribution in [0.25, 0.3) is 0 Å². The highest BCUT2D eigenvalue weighted by Gasteiger charge is 3.03. The Morgan fingerprint density at radius 3 is 1.48 bits per heavy atom. The lowest BCUT2D eigenvalue weighted by molar-refractivity contribution is -0.527. The van der Waals surface area contributed by atoms with Gasteiger partial charge in [0, 0.05) is 5.57 Å². The van der Waals surface area contributed by atoms with Gasteiger partial charge >= 0.3 is 29.5 Å². The highest BCUT2D eigenvalue weighted by atomic mass is 19.3. The molecule has 1 aliphatic rings.